The van der Waals surface area contributed by atoms with Crippen molar-refractivity contribution in [1.82, 2.24) is 9.88 Å². The first-order valence-electron chi connectivity index (χ1n) is 10.7. The maximum atomic E-state index is 13.2. The van der Waals surface area contributed by atoms with Crippen LogP contribution in [0, 0.1) is 5.92 Å². The van der Waals surface area contributed by atoms with Crippen LogP contribution in [0.1, 0.15) is 38.4 Å². The zero-order chi connectivity index (χ0) is 22.1. The van der Waals surface area contributed by atoms with Crippen LogP contribution < -0.4 is 10.2 Å². The first-order valence-corrected chi connectivity index (χ1v) is 11.9. The van der Waals surface area contributed by atoms with Crippen molar-refractivity contribution in [1.29, 1.82) is 0 Å². The molecule has 5 rings (SSSR count). The van der Waals surface area contributed by atoms with Gasteiger partial charge in [0.05, 0.1) is 20.5 Å². The summed E-state index contributed by atoms with van der Waals surface area (Å²) in [6.45, 7) is 3.29. The Labute approximate surface area is 195 Å². The Hall–Kier alpha value is -2.90. The second kappa shape index (κ2) is 8.92. The molecule has 0 unspecified atom stereocenters. The van der Waals surface area contributed by atoms with E-state index < -0.39 is 0 Å². The highest BCUT2D eigenvalue weighted by Crippen LogP contribution is 2.32. The van der Waals surface area contributed by atoms with Crippen LogP contribution in [-0.2, 0) is 6.54 Å². The van der Waals surface area contributed by atoms with Crippen LogP contribution in [0.15, 0.2) is 54.9 Å². The van der Waals surface area contributed by atoms with Crippen LogP contribution in [0.5, 0.6) is 0 Å². The Balaban J connectivity index is 1.23. The maximum Gasteiger partial charge on any atom is 0.265 e. The number of carbonyl (C=O) groups excluding carboxylic acids is 2. The summed E-state index contributed by atoms with van der Waals surface area (Å²) < 4.78 is 0.561. The van der Waals surface area contributed by atoms with Crippen molar-refractivity contribution in [2.75, 3.05) is 29.9 Å². The Morgan fingerprint density at radius 2 is 1.91 bits per heavy atom. The summed E-state index contributed by atoms with van der Waals surface area (Å²) in [6.07, 6.45) is 5.74. The van der Waals surface area contributed by atoms with E-state index in [1.165, 1.54) is 17.0 Å². The molecule has 1 aromatic carbocycles. The van der Waals surface area contributed by atoms with Gasteiger partial charge < -0.3 is 15.1 Å². The molecule has 2 aromatic heterocycles. The van der Waals surface area contributed by atoms with Crippen molar-refractivity contribution in [2.45, 2.75) is 19.4 Å². The highest BCUT2D eigenvalue weighted by atomic mass is 35.5. The van der Waals surface area contributed by atoms with Crippen LogP contribution in [0.2, 0.25) is 4.34 Å². The average Bonchev–Trinajstić information content (AvgIpc) is 3.39. The number of benzene rings is 1. The number of thiophene rings is 1. The molecule has 1 fully saturated rings. The fraction of sp³-hybridized carbons (Fsp3) is 0.292. The molecule has 0 saturated carbocycles. The molecule has 0 radical (unpaired) electrons. The lowest BCUT2D eigenvalue weighted by Crippen LogP contribution is -2.39. The molecular formula is C24H23ClN4O2S. The molecule has 32 heavy (non-hydrogen) atoms. The van der Waals surface area contributed by atoms with Gasteiger partial charge in [0.25, 0.3) is 11.8 Å². The van der Waals surface area contributed by atoms with Crippen molar-refractivity contribution >= 4 is 46.1 Å². The average molecular weight is 467 g/mol. The van der Waals surface area contributed by atoms with Crippen molar-refractivity contribution in [3.05, 3.63) is 75.2 Å². The van der Waals surface area contributed by atoms with E-state index in [1.54, 1.807) is 18.2 Å². The van der Waals surface area contributed by atoms with Gasteiger partial charge in [0.2, 0.25) is 0 Å². The summed E-state index contributed by atoms with van der Waals surface area (Å²) in [4.78, 5) is 34.7. The van der Waals surface area contributed by atoms with Gasteiger partial charge in [-0.05, 0) is 54.7 Å². The number of piperidine rings is 1. The van der Waals surface area contributed by atoms with Crippen molar-refractivity contribution in [3.8, 4) is 0 Å². The number of amides is 2. The molecule has 3 aromatic rings. The molecule has 1 N–H and O–H groups in total. The highest BCUT2D eigenvalue weighted by molar-refractivity contribution is 7.18. The van der Waals surface area contributed by atoms with Crippen molar-refractivity contribution < 1.29 is 9.59 Å². The number of anilines is 2. The Bertz CT molecular complexity index is 1140. The lowest BCUT2D eigenvalue weighted by molar-refractivity contribution is 0.0744. The van der Waals surface area contributed by atoms with Crippen molar-refractivity contribution in [3.63, 3.8) is 0 Å². The fourth-order valence-corrected chi connectivity index (χ4v) is 5.47. The van der Waals surface area contributed by atoms with Crippen molar-refractivity contribution in [2.24, 2.45) is 5.92 Å². The molecule has 0 spiro atoms. The van der Waals surface area contributed by atoms with E-state index in [-0.39, 0.29) is 11.8 Å². The van der Waals surface area contributed by atoms with Gasteiger partial charge in [-0.15, -0.1) is 11.3 Å². The summed E-state index contributed by atoms with van der Waals surface area (Å²) in [5.41, 5.74) is 3.34. The van der Waals surface area contributed by atoms with Gasteiger partial charge in [0.1, 0.15) is 0 Å². The fourth-order valence-electron chi connectivity index (χ4n) is 4.53. The second-order valence-electron chi connectivity index (χ2n) is 8.22. The topological polar surface area (TPSA) is 65.5 Å². The van der Waals surface area contributed by atoms with Gasteiger partial charge in [-0.3, -0.25) is 14.6 Å². The van der Waals surface area contributed by atoms with Crippen LogP contribution in [0.3, 0.4) is 0 Å². The Morgan fingerprint density at radius 1 is 1.12 bits per heavy atom. The smallest absolute Gasteiger partial charge is 0.265 e. The minimum absolute atomic E-state index is 0.00308. The van der Waals surface area contributed by atoms with Crippen LogP contribution in [0.4, 0.5) is 11.4 Å². The maximum absolute atomic E-state index is 13.2. The van der Waals surface area contributed by atoms with E-state index in [0.29, 0.717) is 32.9 Å². The molecule has 2 amide bonds. The van der Waals surface area contributed by atoms with E-state index in [4.69, 9.17) is 11.6 Å². The minimum Gasteiger partial charge on any atom is -0.371 e. The monoisotopic (exact) mass is 466 g/mol. The van der Waals surface area contributed by atoms with E-state index >= 15 is 0 Å². The molecular weight excluding hydrogens is 444 g/mol. The molecule has 2 aliphatic heterocycles. The predicted molar refractivity (Wildman–Crippen MR) is 128 cm³/mol. The number of nitrogens with zero attached hydrogens (tertiary/aromatic N) is 3. The van der Waals surface area contributed by atoms with Crippen LogP contribution >= 0.6 is 22.9 Å². The third-order valence-electron chi connectivity index (χ3n) is 6.18. The third-order valence-corrected chi connectivity index (χ3v) is 7.41. The number of hydrogen-bond donors (Lipinski definition) is 1. The molecule has 8 heteroatoms. The highest BCUT2D eigenvalue weighted by Gasteiger charge is 2.33. The summed E-state index contributed by atoms with van der Waals surface area (Å²) in [7, 11) is 0. The standard InChI is InChI=1S/C24H23ClN4O2S/c25-21-5-4-20(32-21)23(30)27-19-3-1-2-17-15-29(24(31)22(17)19)14-16-8-12-28(13-9-16)18-6-10-26-11-7-18/h1-7,10-11,16H,8-9,12-15H2,(H,27,30). The van der Waals surface area contributed by atoms with Gasteiger partial charge in [-0.1, -0.05) is 23.7 Å². The number of hydrogen-bond acceptors (Lipinski definition) is 5. The normalized spacial score (nSPS) is 16.3. The van der Waals surface area contributed by atoms with Gasteiger partial charge in [0, 0.05) is 44.3 Å². The predicted octanol–water partition coefficient (Wildman–Crippen LogP) is 4.92. The number of pyridine rings is 1. The van der Waals surface area contributed by atoms with E-state index in [2.05, 4.69) is 15.2 Å². The Kier molecular flexibility index (Phi) is 5.85. The number of rotatable bonds is 5. The molecule has 6 nitrogen and oxygen atoms in total. The van der Waals surface area contributed by atoms with Gasteiger partial charge >= 0.3 is 0 Å². The largest absolute Gasteiger partial charge is 0.371 e. The van der Waals surface area contributed by atoms with Gasteiger partial charge in [0.15, 0.2) is 0 Å². The zero-order valence-electron chi connectivity index (χ0n) is 17.5. The van der Waals surface area contributed by atoms with Crippen LogP contribution in [-0.4, -0.2) is 41.3 Å². The summed E-state index contributed by atoms with van der Waals surface area (Å²) in [6, 6.07) is 13.1. The number of halogens is 1. The van der Waals surface area contributed by atoms with E-state index in [9.17, 15) is 9.59 Å². The van der Waals surface area contributed by atoms with E-state index in [1.807, 2.05) is 41.6 Å². The number of carbonyl (C=O) groups is 2. The molecule has 0 atom stereocenters. The first-order chi connectivity index (χ1) is 15.6. The second-order valence-corrected chi connectivity index (χ2v) is 9.93. The first kappa shape index (κ1) is 21.0. The Morgan fingerprint density at radius 3 is 2.62 bits per heavy atom. The molecule has 2 aliphatic rings. The van der Waals surface area contributed by atoms with Crippen LogP contribution in [0.25, 0.3) is 0 Å². The lowest BCUT2D eigenvalue weighted by Gasteiger charge is -2.35. The molecule has 4 heterocycles. The van der Waals surface area contributed by atoms with Gasteiger partial charge in [-0.2, -0.15) is 0 Å². The number of aromatic nitrogens is 1. The molecule has 0 aliphatic carbocycles. The number of fused-ring (bicyclic) bond motifs is 1. The molecule has 164 valence electrons. The zero-order valence-corrected chi connectivity index (χ0v) is 19.0. The molecule has 0 bridgehead atoms. The minimum atomic E-state index is -0.245. The third kappa shape index (κ3) is 4.23. The van der Waals surface area contributed by atoms with E-state index in [0.717, 1.165) is 38.0 Å². The summed E-state index contributed by atoms with van der Waals surface area (Å²) in [5, 5.41) is 2.90. The summed E-state index contributed by atoms with van der Waals surface area (Å²) >= 11 is 7.17. The number of nitrogens with one attached hydrogen (secondary N) is 1. The SMILES string of the molecule is O=C(Nc1cccc2c1C(=O)N(CC1CCN(c3ccncc3)CC1)C2)c1ccc(Cl)s1. The summed E-state index contributed by atoms with van der Waals surface area (Å²) in [5.74, 6) is 0.222. The molecule has 1 saturated heterocycles. The lowest BCUT2D eigenvalue weighted by atomic mass is 9.96. The van der Waals surface area contributed by atoms with Gasteiger partial charge in [-0.25, -0.2) is 0 Å². The quantitative estimate of drug-likeness (QED) is 0.579.